The van der Waals surface area contributed by atoms with E-state index in [0.29, 0.717) is 0 Å². The Morgan fingerprint density at radius 3 is 1.88 bits per heavy atom. The van der Waals surface area contributed by atoms with Crippen LogP contribution in [0.3, 0.4) is 0 Å². The highest BCUT2D eigenvalue weighted by molar-refractivity contribution is 6.80. The molecule has 0 N–H and O–H groups in total. The third-order valence-electron chi connectivity index (χ3n) is 0.737. The molecule has 0 aromatic rings. The van der Waals surface area contributed by atoms with E-state index in [-0.39, 0.29) is 0 Å². The van der Waals surface area contributed by atoms with E-state index in [1.165, 1.54) is 19.3 Å². The Hall–Kier alpha value is 0.797. The van der Waals surface area contributed by atoms with Crippen molar-refractivity contribution in [1.82, 2.24) is 0 Å². The van der Waals surface area contributed by atoms with Gasteiger partial charge < -0.3 is 0 Å². The van der Waals surface area contributed by atoms with Gasteiger partial charge in [-0.2, -0.15) is 11.1 Å². The van der Waals surface area contributed by atoms with E-state index in [4.69, 9.17) is 22.7 Å². The zero-order valence-corrected chi connectivity index (χ0v) is 9.10. The van der Waals surface area contributed by atoms with Crippen LogP contribution in [0.5, 0.6) is 0 Å². The van der Waals surface area contributed by atoms with Gasteiger partial charge in [-0.15, -0.1) is 11.6 Å². The van der Waals surface area contributed by atoms with Gasteiger partial charge >= 0.3 is 0 Å². The molecule has 0 saturated carbocycles. The van der Waals surface area contributed by atoms with Gasteiger partial charge in [-0.05, 0) is 6.42 Å². The van der Waals surface area contributed by atoms with Crippen molar-refractivity contribution in [3.8, 4) is 0 Å². The number of hydrogen-bond acceptors (Lipinski definition) is 0. The first-order chi connectivity index (χ1) is 3.91. The molecule has 0 atom stereocenters. The van der Waals surface area contributed by atoms with Crippen molar-refractivity contribution < 1.29 is 0 Å². The van der Waals surface area contributed by atoms with Crippen molar-refractivity contribution in [2.75, 3.05) is 5.88 Å². The second-order valence-electron chi connectivity index (χ2n) is 1.40. The van der Waals surface area contributed by atoms with Gasteiger partial charge in [-0.25, -0.2) is 0 Å². The van der Waals surface area contributed by atoms with Gasteiger partial charge in [0.05, 0.1) is 0 Å². The van der Waals surface area contributed by atoms with E-state index >= 15 is 0 Å². The number of hydrogen-bond donors (Lipinski definition) is 0. The third-order valence-corrected chi connectivity index (χ3v) is 1.00. The number of unbranched alkanes of at least 4 members (excludes halogenated alkanes) is 2. The standard InChI is InChI=1S/C5H11Cl.ClH3Si/c1-2-3-4-5-6;1-2/h2-5H2,1H3;2H3. The predicted molar refractivity (Wildman–Crippen MR) is 46.0 cm³/mol. The molecular formula is C5H14Cl2Si. The summed E-state index contributed by atoms with van der Waals surface area (Å²) in [6, 6.07) is 0. The molecule has 0 aliphatic carbocycles. The molecule has 0 aromatic heterocycles. The first kappa shape index (κ1) is 11.6. The van der Waals surface area contributed by atoms with Gasteiger partial charge in [0.15, 0.2) is 0 Å². The van der Waals surface area contributed by atoms with Crippen molar-refractivity contribution in [3.05, 3.63) is 0 Å². The minimum atomic E-state index is 0.778. The highest BCUT2D eigenvalue weighted by atomic mass is 35.6. The molecule has 0 saturated heterocycles. The van der Waals surface area contributed by atoms with Gasteiger partial charge in [-0.3, -0.25) is 0 Å². The average Bonchev–Trinajstić information content (AvgIpc) is 1.88. The zero-order valence-electron chi connectivity index (χ0n) is 5.58. The summed E-state index contributed by atoms with van der Waals surface area (Å²) in [5.41, 5.74) is 0. The van der Waals surface area contributed by atoms with Crippen molar-refractivity contribution >= 4 is 32.2 Å². The van der Waals surface area contributed by atoms with E-state index in [0.717, 1.165) is 15.4 Å². The molecule has 8 heavy (non-hydrogen) atoms. The lowest BCUT2D eigenvalue weighted by atomic mass is 10.3. The lowest BCUT2D eigenvalue weighted by Gasteiger charge is -1.84. The zero-order chi connectivity index (χ0) is 6.83. The monoisotopic (exact) mass is 172 g/mol. The van der Waals surface area contributed by atoms with Crippen LogP contribution in [0, 0.1) is 0 Å². The Kier molecular flexibility index (Phi) is 22.7. The summed E-state index contributed by atoms with van der Waals surface area (Å²) in [6.07, 6.45) is 3.73. The van der Waals surface area contributed by atoms with E-state index in [9.17, 15) is 0 Å². The van der Waals surface area contributed by atoms with Gasteiger partial charge in [0.25, 0.3) is 0 Å². The first-order valence-electron chi connectivity index (χ1n) is 2.85. The normalized spacial score (nSPS) is 7.88. The lowest BCUT2D eigenvalue weighted by Crippen LogP contribution is -1.70. The van der Waals surface area contributed by atoms with Crippen LogP contribution < -0.4 is 0 Å². The first-order valence-corrected chi connectivity index (χ1v) is 6.41. The van der Waals surface area contributed by atoms with E-state index in [1.807, 2.05) is 0 Å². The lowest BCUT2D eigenvalue weighted by molar-refractivity contribution is 0.776. The molecule has 0 amide bonds. The van der Waals surface area contributed by atoms with Crippen molar-refractivity contribution in [2.24, 2.45) is 0 Å². The quantitative estimate of drug-likeness (QED) is 0.265. The van der Waals surface area contributed by atoms with Gasteiger partial charge in [-0.1, -0.05) is 19.8 Å². The summed E-state index contributed by atoms with van der Waals surface area (Å²) in [4.78, 5) is 0. The van der Waals surface area contributed by atoms with Crippen LogP contribution in [0.1, 0.15) is 26.2 Å². The van der Waals surface area contributed by atoms with Gasteiger partial charge in [0, 0.05) is 5.88 Å². The topological polar surface area (TPSA) is 0 Å². The Labute approximate surface area is 64.7 Å². The van der Waals surface area contributed by atoms with E-state index in [1.54, 1.807) is 0 Å². The predicted octanol–water partition coefficient (Wildman–Crippen LogP) is 1.92. The molecule has 0 aliphatic heterocycles. The summed E-state index contributed by atoms with van der Waals surface area (Å²) in [7, 11) is 0.778. The Morgan fingerprint density at radius 2 is 1.75 bits per heavy atom. The van der Waals surface area contributed by atoms with Crippen LogP contribution in [0.4, 0.5) is 0 Å². The van der Waals surface area contributed by atoms with Crippen molar-refractivity contribution in [3.63, 3.8) is 0 Å². The second-order valence-corrected chi connectivity index (χ2v) is 1.77. The molecule has 0 aliphatic rings. The Balaban J connectivity index is 0. The molecule has 0 spiro atoms. The van der Waals surface area contributed by atoms with Crippen LogP contribution in [-0.4, -0.2) is 15.4 Å². The molecule has 0 fully saturated rings. The second kappa shape index (κ2) is 15.7. The molecule has 0 nitrogen and oxygen atoms in total. The van der Waals surface area contributed by atoms with Crippen LogP contribution in [0.2, 0.25) is 0 Å². The third kappa shape index (κ3) is 15.8. The molecular weight excluding hydrogens is 159 g/mol. The molecule has 0 heterocycles. The molecule has 0 unspecified atom stereocenters. The summed E-state index contributed by atoms with van der Waals surface area (Å²) in [5.74, 6) is 0.827. The Bertz CT molecular complexity index is 22.4. The van der Waals surface area contributed by atoms with E-state index < -0.39 is 0 Å². The fourth-order valence-electron chi connectivity index (χ4n) is 0.344. The van der Waals surface area contributed by atoms with Gasteiger partial charge in [0.1, 0.15) is 9.55 Å². The van der Waals surface area contributed by atoms with Crippen LogP contribution >= 0.6 is 22.7 Å². The SMILES string of the molecule is CCCCCCl.[SiH3]Cl. The molecule has 52 valence electrons. The summed E-state index contributed by atoms with van der Waals surface area (Å²) < 4.78 is 0. The maximum Gasteiger partial charge on any atom is 0.109 e. The smallest absolute Gasteiger partial charge is 0.109 e. The molecule has 0 radical (unpaired) electrons. The number of alkyl halides is 1. The fraction of sp³-hybridized carbons (Fsp3) is 1.00. The largest absolute Gasteiger partial charge is 0.181 e. The number of halogens is 2. The summed E-state index contributed by atoms with van der Waals surface area (Å²) >= 11 is 10.2. The maximum absolute atomic E-state index is 5.38. The summed E-state index contributed by atoms with van der Waals surface area (Å²) in [6.45, 7) is 2.17. The van der Waals surface area contributed by atoms with Crippen molar-refractivity contribution in [1.29, 1.82) is 0 Å². The van der Waals surface area contributed by atoms with Crippen molar-refractivity contribution in [2.45, 2.75) is 26.2 Å². The van der Waals surface area contributed by atoms with E-state index in [2.05, 4.69) is 6.92 Å². The molecule has 3 heteroatoms. The molecule has 0 rings (SSSR count). The van der Waals surface area contributed by atoms with Crippen LogP contribution in [0.25, 0.3) is 0 Å². The number of rotatable bonds is 3. The average molecular weight is 173 g/mol. The fourth-order valence-corrected chi connectivity index (χ4v) is 0.533. The molecule has 0 aromatic carbocycles. The minimum Gasteiger partial charge on any atom is -0.181 e. The molecule has 0 bridgehead atoms. The highest BCUT2D eigenvalue weighted by Crippen LogP contribution is 1.93. The van der Waals surface area contributed by atoms with Gasteiger partial charge in [0.2, 0.25) is 0 Å². The maximum atomic E-state index is 5.38. The summed E-state index contributed by atoms with van der Waals surface area (Å²) in [5, 5.41) is 0. The van der Waals surface area contributed by atoms with Crippen LogP contribution in [-0.2, 0) is 0 Å². The highest BCUT2D eigenvalue weighted by Gasteiger charge is 1.76. The minimum absolute atomic E-state index is 0.778. The Morgan fingerprint density at radius 1 is 1.25 bits per heavy atom. The van der Waals surface area contributed by atoms with Crippen LogP contribution in [0.15, 0.2) is 0 Å².